The van der Waals surface area contributed by atoms with Crippen LogP contribution in [0, 0.1) is 0 Å². The summed E-state index contributed by atoms with van der Waals surface area (Å²) in [5.74, 6) is 0.645. The number of unbranched alkanes of at least 4 members (excludes halogenated alkanes) is 3. The van der Waals surface area contributed by atoms with Gasteiger partial charge in [0, 0.05) is 18.2 Å². The largest absolute Gasteiger partial charge is 0.491 e. The second-order valence-electron chi connectivity index (χ2n) is 7.70. The van der Waals surface area contributed by atoms with Crippen molar-refractivity contribution in [1.82, 2.24) is 4.98 Å². The van der Waals surface area contributed by atoms with E-state index in [0.717, 1.165) is 60.9 Å². The lowest BCUT2D eigenvalue weighted by molar-refractivity contribution is -0.140. The van der Waals surface area contributed by atoms with Crippen LogP contribution >= 0.6 is 0 Å². The van der Waals surface area contributed by atoms with Crippen LogP contribution in [-0.4, -0.2) is 29.7 Å². The van der Waals surface area contributed by atoms with Crippen molar-refractivity contribution in [2.75, 3.05) is 18.5 Å². The van der Waals surface area contributed by atoms with Gasteiger partial charge < -0.3 is 14.8 Å². The Labute approximate surface area is 175 Å². The minimum absolute atomic E-state index is 0.105. The molecule has 0 saturated carbocycles. The van der Waals surface area contributed by atoms with E-state index < -0.39 is 5.60 Å². The average molecular weight is 401 g/mol. The molecule has 1 aromatic carbocycles. The minimum atomic E-state index is -0.837. The maximum absolute atomic E-state index is 13.2. The Morgan fingerprint density at radius 2 is 1.83 bits per heavy atom. The van der Waals surface area contributed by atoms with Crippen molar-refractivity contribution in [3.8, 4) is 5.75 Å². The molecule has 0 fully saturated rings. The summed E-state index contributed by atoms with van der Waals surface area (Å²) < 4.78 is 11.9. The number of nitrogens with zero attached hydrogens (tertiary/aromatic N) is 1. The summed E-state index contributed by atoms with van der Waals surface area (Å²) in [6, 6.07) is 7.63. The van der Waals surface area contributed by atoms with E-state index in [9.17, 15) is 4.79 Å². The van der Waals surface area contributed by atoms with Gasteiger partial charge in [0.2, 0.25) is 0 Å². The van der Waals surface area contributed by atoms with E-state index in [2.05, 4.69) is 31.1 Å². The molecule has 0 bridgehead atoms. The van der Waals surface area contributed by atoms with Gasteiger partial charge in [-0.25, -0.2) is 0 Å². The molecule has 0 saturated heterocycles. The monoisotopic (exact) mass is 400 g/mol. The topological polar surface area (TPSA) is 60.5 Å². The minimum Gasteiger partial charge on any atom is -0.491 e. The van der Waals surface area contributed by atoms with Crippen molar-refractivity contribution < 1.29 is 14.3 Å². The lowest BCUT2D eigenvalue weighted by Crippen LogP contribution is -2.43. The van der Waals surface area contributed by atoms with Crippen LogP contribution in [0.4, 0.5) is 5.69 Å². The molecule has 0 spiro atoms. The molecule has 5 heteroatoms. The zero-order valence-corrected chi connectivity index (χ0v) is 18.4. The van der Waals surface area contributed by atoms with Crippen LogP contribution in [0.15, 0.2) is 30.5 Å². The summed E-state index contributed by atoms with van der Waals surface area (Å²) in [6.07, 6.45) is 8.59. The Kier molecular flexibility index (Phi) is 9.39. The molecule has 0 aliphatic carbocycles. The van der Waals surface area contributed by atoms with E-state index in [-0.39, 0.29) is 5.91 Å². The first-order valence-electron chi connectivity index (χ1n) is 11.0. The predicted octanol–water partition coefficient (Wildman–Crippen LogP) is 6.12. The number of nitrogens with one attached hydrogen (secondary N) is 1. The van der Waals surface area contributed by atoms with E-state index in [1.807, 2.05) is 31.2 Å². The molecule has 160 valence electrons. The van der Waals surface area contributed by atoms with Crippen LogP contribution in [0.2, 0.25) is 0 Å². The average Bonchev–Trinajstić information content (AvgIpc) is 2.74. The highest BCUT2D eigenvalue weighted by Gasteiger charge is 2.34. The van der Waals surface area contributed by atoms with E-state index in [1.54, 1.807) is 6.20 Å². The molecule has 0 radical (unpaired) electrons. The summed E-state index contributed by atoms with van der Waals surface area (Å²) in [7, 11) is 0. The van der Waals surface area contributed by atoms with Crippen LogP contribution in [0.5, 0.6) is 5.75 Å². The lowest BCUT2D eigenvalue weighted by atomic mass is 9.96. The number of fused-ring (bicyclic) bond motifs is 1. The Morgan fingerprint density at radius 3 is 2.55 bits per heavy atom. The van der Waals surface area contributed by atoms with Gasteiger partial charge in [0.25, 0.3) is 5.91 Å². The van der Waals surface area contributed by atoms with Crippen molar-refractivity contribution in [1.29, 1.82) is 0 Å². The van der Waals surface area contributed by atoms with Crippen LogP contribution in [0.3, 0.4) is 0 Å². The summed E-state index contributed by atoms with van der Waals surface area (Å²) in [5.41, 5.74) is 0.669. The Hall–Kier alpha value is -2.14. The second-order valence-corrected chi connectivity index (χ2v) is 7.70. The Bertz CT molecular complexity index is 778. The number of benzene rings is 1. The smallest absolute Gasteiger partial charge is 0.256 e. The van der Waals surface area contributed by atoms with Gasteiger partial charge in [-0.05, 0) is 50.5 Å². The van der Waals surface area contributed by atoms with Crippen molar-refractivity contribution in [2.24, 2.45) is 0 Å². The third-order valence-corrected chi connectivity index (χ3v) is 5.10. The summed E-state index contributed by atoms with van der Waals surface area (Å²) >= 11 is 0. The maximum atomic E-state index is 13.2. The molecule has 2 rings (SSSR count). The molecule has 1 atom stereocenters. The molecule has 1 heterocycles. The van der Waals surface area contributed by atoms with Gasteiger partial charge in [-0.3, -0.25) is 9.78 Å². The molecule has 5 nitrogen and oxygen atoms in total. The highest BCUT2D eigenvalue weighted by molar-refractivity contribution is 6.05. The van der Waals surface area contributed by atoms with Crippen molar-refractivity contribution in [2.45, 2.75) is 78.2 Å². The zero-order valence-electron chi connectivity index (χ0n) is 18.4. The van der Waals surface area contributed by atoms with Crippen LogP contribution in [0.25, 0.3) is 10.9 Å². The SMILES string of the molecule is CCCCC[C@](C)(OCCC)C(=O)Nc1ccc(OCCCC)c2ncccc12. The highest BCUT2D eigenvalue weighted by Crippen LogP contribution is 2.31. The number of hydrogen-bond acceptors (Lipinski definition) is 4. The van der Waals surface area contributed by atoms with Crippen LogP contribution in [-0.2, 0) is 9.53 Å². The molecule has 1 aromatic heterocycles. The van der Waals surface area contributed by atoms with Gasteiger partial charge in [0.05, 0.1) is 12.3 Å². The number of aromatic nitrogens is 1. The fourth-order valence-electron chi connectivity index (χ4n) is 3.24. The van der Waals surface area contributed by atoms with Crippen molar-refractivity contribution >= 4 is 22.5 Å². The number of anilines is 1. The predicted molar refractivity (Wildman–Crippen MR) is 120 cm³/mol. The van der Waals surface area contributed by atoms with Gasteiger partial charge in [-0.2, -0.15) is 0 Å². The molecular weight excluding hydrogens is 364 g/mol. The first kappa shape index (κ1) is 23.1. The van der Waals surface area contributed by atoms with E-state index >= 15 is 0 Å². The quantitative estimate of drug-likeness (QED) is 0.412. The molecule has 1 N–H and O–H groups in total. The second kappa shape index (κ2) is 11.8. The molecule has 29 heavy (non-hydrogen) atoms. The van der Waals surface area contributed by atoms with E-state index in [0.29, 0.717) is 19.6 Å². The van der Waals surface area contributed by atoms with E-state index in [4.69, 9.17) is 9.47 Å². The first-order valence-corrected chi connectivity index (χ1v) is 11.0. The Morgan fingerprint density at radius 1 is 1.03 bits per heavy atom. The maximum Gasteiger partial charge on any atom is 0.256 e. The number of carbonyl (C=O) groups is 1. The number of ether oxygens (including phenoxy) is 2. The summed E-state index contributed by atoms with van der Waals surface area (Å²) in [6.45, 7) is 9.48. The van der Waals surface area contributed by atoms with Gasteiger partial charge in [0.1, 0.15) is 16.9 Å². The summed E-state index contributed by atoms with van der Waals surface area (Å²) in [5, 5.41) is 3.97. The molecule has 0 aliphatic rings. The van der Waals surface area contributed by atoms with E-state index in [1.165, 1.54) is 0 Å². The summed E-state index contributed by atoms with van der Waals surface area (Å²) in [4.78, 5) is 17.7. The zero-order chi connectivity index (χ0) is 21.1. The normalized spacial score (nSPS) is 13.2. The highest BCUT2D eigenvalue weighted by atomic mass is 16.5. The molecular formula is C24H36N2O3. The van der Waals surface area contributed by atoms with Crippen LogP contribution in [0.1, 0.15) is 72.6 Å². The standard InChI is InChI=1S/C24H36N2O3/c1-5-8-10-15-24(4,29-17-7-3)23(27)26-20-13-14-21(28-18-9-6-2)22-19(20)12-11-16-25-22/h11-14,16H,5-10,15,17-18H2,1-4H3,(H,26,27)/t24-/m0/s1. The van der Waals surface area contributed by atoms with Gasteiger partial charge in [0.15, 0.2) is 0 Å². The van der Waals surface area contributed by atoms with Crippen molar-refractivity contribution in [3.63, 3.8) is 0 Å². The molecule has 0 aliphatic heterocycles. The Balaban J connectivity index is 2.24. The van der Waals surface area contributed by atoms with Crippen molar-refractivity contribution in [3.05, 3.63) is 30.5 Å². The number of hydrogen-bond donors (Lipinski definition) is 1. The fraction of sp³-hybridized carbons (Fsp3) is 0.583. The molecule has 2 aromatic rings. The van der Waals surface area contributed by atoms with Crippen LogP contribution < -0.4 is 10.1 Å². The lowest BCUT2D eigenvalue weighted by Gasteiger charge is -2.29. The third-order valence-electron chi connectivity index (χ3n) is 5.10. The number of carbonyl (C=O) groups excluding carboxylic acids is 1. The third kappa shape index (κ3) is 6.43. The molecule has 1 amide bonds. The number of pyridine rings is 1. The number of amides is 1. The fourth-order valence-corrected chi connectivity index (χ4v) is 3.24. The first-order chi connectivity index (χ1) is 14.1. The van der Waals surface area contributed by atoms with Gasteiger partial charge in [-0.1, -0.05) is 46.5 Å². The van der Waals surface area contributed by atoms with Gasteiger partial charge in [-0.15, -0.1) is 0 Å². The number of rotatable bonds is 13. The van der Waals surface area contributed by atoms with Gasteiger partial charge >= 0.3 is 0 Å². The molecule has 0 unspecified atom stereocenters.